The lowest BCUT2D eigenvalue weighted by Gasteiger charge is -2.14. The molecule has 0 fully saturated rings. The van der Waals surface area contributed by atoms with Gasteiger partial charge in [0.1, 0.15) is 6.61 Å². The van der Waals surface area contributed by atoms with Crippen molar-refractivity contribution >= 4 is 11.6 Å². The minimum Gasteiger partial charge on any atom is -0.493 e. The lowest BCUT2D eigenvalue weighted by molar-refractivity contribution is 0.274. The maximum Gasteiger partial charge on any atom is 0.180 e. The molecule has 0 radical (unpaired) electrons. The normalized spacial score (nSPS) is 10.4. The van der Waals surface area contributed by atoms with Crippen LogP contribution in [0.1, 0.15) is 16.7 Å². The summed E-state index contributed by atoms with van der Waals surface area (Å²) in [7, 11) is 1.55. The summed E-state index contributed by atoms with van der Waals surface area (Å²) in [6.07, 6.45) is 0. The summed E-state index contributed by atoms with van der Waals surface area (Å²) in [6.45, 7) is 2.36. The number of hydrogen-bond donors (Lipinski definition) is 1. The molecule has 106 valence electrons. The average Bonchev–Trinajstić information content (AvgIpc) is 2.45. The number of aliphatic hydroxyl groups excluding tert-OH is 1. The fourth-order valence-electron chi connectivity index (χ4n) is 1.96. The monoisotopic (exact) mass is 292 g/mol. The van der Waals surface area contributed by atoms with E-state index in [0.29, 0.717) is 28.7 Å². The van der Waals surface area contributed by atoms with Crippen LogP contribution in [0, 0.1) is 6.92 Å². The molecule has 2 rings (SSSR count). The highest BCUT2D eigenvalue weighted by Gasteiger charge is 2.12. The molecule has 0 aliphatic rings. The largest absolute Gasteiger partial charge is 0.493 e. The Morgan fingerprint density at radius 3 is 2.60 bits per heavy atom. The predicted molar refractivity (Wildman–Crippen MR) is 79.4 cm³/mol. The number of rotatable bonds is 5. The van der Waals surface area contributed by atoms with Crippen molar-refractivity contribution in [1.82, 2.24) is 0 Å². The van der Waals surface area contributed by atoms with E-state index in [4.69, 9.17) is 26.2 Å². The van der Waals surface area contributed by atoms with Crippen molar-refractivity contribution < 1.29 is 14.6 Å². The van der Waals surface area contributed by atoms with Crippen LogP contribution in [0.2, 0.25) is 5.02 Å². The smallest absolute Gasteiger partial charge is 0.180 e. The van der Waals surface area contributed by atoms with Gasteiger partial charge in [0.15, 0.2) is 11.5 Å². The Hall–Kier alpha value is -1.71. The molecule has 4 heteroatoms. The lowest BCUT2D eigenvalue weighted by atomic mass is 10.1. The van der Waals surface area contributed by atoms with Crippen molar-refractivity contribution in [3.05, 3.63) is 58.1 Å². The second kappa shape index (κ2) is 6.64. The van der Waals surface area contributed by atoms with Crippen LogP contribution >= 0.6 is 11.6 Å². The van der Waals surface area contributed by atoms with Gasteiger partial charge in [0.05, 0.1) is 18.7 Å². The molecule has 0 aliphatic carbocycles. The van der Waals surface area contributed by atoms with Crippen LogP contribution in [-0.4, -0.2) is 12.2 Å². The van der Waals surface area contributed by atoms with Gasteiger partial charge in [-0.3, -0.25) is 0 Å². The van der Waals surface area contributed by atoms with Crippen molar-refractivity contribution in [2.24, 2.45) is 0 Å². The highest BCUT2D eigenvalue weighted by Crippen LogP contribution is 2.36. The fourth-order valence-corrected chi connectivity index (χ4v) is 2.25. The van der Waals surface area contributed by atoms with Gasteiger partial charge >= 0.3 is 0 Å². The van der Waals surface area contributed by atoms with E-state index in [9.17, 15) is 0 Å². The third-order valence-electron chi connectivity index (χ3n) is 2.94. The highest BCUT2D eigenvalue weighted by atomic mass is 35.5. The van der Waals surface area contributed by atoms with E-state index >= 15 is 0 Å². The SMILES string of the molecule is COc1cc(CO)cc(Cl)c1OCc1cccc(C)c1. The van der Waals surface area contributed by atoms with Crippen LogP contribution < -0.4 is 9.47 Å². The van der Waals surface area contributed by atoms with E-state index in [0.717, 1.165) is 5.56 Å². The molecule has 20 heavy (non-hydrogen) atoms. The molecule has 0 aromatic heterocycles. The Bertz CT molecular complexity index is 596. The molecular formula is C16H17ClO3. The second-order valence-corrected chi connectivity index (χ2v) is 4.95. The van der Waals surface area contributed by atoms with Crippen molar-refractivity contribution in [3.63, 3.8) is 0 Å². The molecule has 2 aromatic carbocycles. The molecule has 0 spiro atoms. The van der Waals surface area contributed by atoms with Crippen LogP contribution in [0.4, 0.5) is 0 Å². The molecule has 0 saturated heterocycles. The molecule has 0 amide bonds. The molecule has 3 nitrogen and oxygen atoms in total. The number of methoxy groups -OCH3 is 1. The highest BCUT2D eigenvalue weighted by molar-refractivity contribution is 6.32. The van der Waals surface area contributed by atoms with Crippen LogP contribution in [-0.2, 0) is 13.2 Å². The van der Waals surface area contributed by atoms with E-state index in [1.165, 1.54) is 5.56 Å². The maximum atomic E-state index is 9.16. The molecule has 0 unspecified atom stereocenters. The number of halogens is 1. The number of hydrogen-bond acceptors (Lipinski definition) is 3. The predicted octanol–water partition coefficient (Wildman–Crippen LogP) is 3.73. The summed E-state index contributed by atoms with van der Waals surface area (Å²) >= 11 is 6.17. The summed E-state index contributed by atoms with van der Waals surface area (Å²) in [5.74, 6) is 1.02. The molecule has 2 aromatic rings. The van der Waals surface area contributed by atoms with E-state index in [1.54, 1.807) is 19.2 Å². The Morgan fingerprint density at radius 2 is 1.95 bits per heavy atom. The number of aliphatic hydroxyl groups is 1. The molecule has 0 aliphatic heterocycles. The van der Waals surface area contributed by atoms with Gasteiger partial charge in [-0.2, -0.15) is 0 Å². The summed E-state index contributed by atoms with van der Waals surface area (Å²) in [5.41, 5.74) is 2.93. The minimum absolute atomic E-state index is 0.0890. The lowest BCUT2D eigenvalue weighted by Crippen LogP contribution is -1.99. The van der Waals surface area contributed by atoms with Gasteiger partial charge in [0.25, 0.3) is 0 Å². The third kappa shape index (κ3) is 3.44. The van der Waals surface area contributed by atoms with Gasteiger partial charge in [0.2, 0.25) is 0 Å². The zero-order valence-electron chi connectivity index (χ0n) is 11.5. The van der Waals surface area contributed by atoms with Gasteiger partial charge in [-0.1, -0.05) is 41.4 Å². The van der Waals surface area contributed by atoms with Crippen LogP contribution in [0.5, 0.6) is 11.5 Å². The zero-order chi connectivity index (χ0) is 14.5. The second-order valence-electron chi connectivity index (χ2n) is 4.54. The molecular weight excluding hydrogens is 276 g/mol. The fraction of sp³-hybridized carbons (Fsp3) is 0.250. The van der Waals surface area contributed by atoms with E-state index in [2.05, 4.69) is 6.07 Å². The quantitative estimate of drug-likeness (QED) is 0.912. The Kier molecular flexibility index (Phi) is 4.88. The van der Waals surface area contributed by atoms with Gasteiger partial charge in [-0.25, -0.2) is 0 Å². The molecule has 0 saturated carbocycles. The van der Waals surface area contributed by atoms with Gasteiger partial charge < -0.3 is 14.6 Å². The molecule has 0 bridgehead atoms. The van der Waals surface area contributed by atoms with Crippen LogP contribution in [0.25, 0.3) is 0 Å². The van der Waals surface area contributed by atoms with Gasteiger partial charge in [0, 0.05) is 0 Å². The maximum absolute atomic E-state index is 9.16. The van der Waals surface area contributed by atoms with Crippen molar-refractivity contribution in [1.29, 1.82) is 0 Å². The standard InChI is InChI=1S/C16H17ClO3/c1-11-4-3-5-12(6-11)10-20-16-14(17)7-13(9-18)8-15(16)19-2/h3-8,18H,9-10H2,1-2H3. The van der Waals surface area contributed by atoms with Crippen LogP contribution in [0.15, 0.2) is 36.4 Å². The summed E-state index contributed by atoms with van der Waals surface area (Å²) < 4.78 is 11.0. The number of ether oxygens (including phenoxy) is 2. The first-order valence-corrected chi connectivity index (χ1v) is 6.67. The third-order valence-corrected chi connectivity index (χ3v) is 3.22. The Morgan fingerprint density at radius 1 is 1.15 bits per heavy atom. The van der Waals surface area contributed by atoms with Crippen molar-refractivity contribution in [3.8, 4) is 11.5 Å². The van der Waals surface area contributed by atoms with Gasteiger partial charge in [-0.05, 0) is 30.2 Å². The first-order chi connectivity index (χ1) is 9.63. The van der Waals surface area contributed by atoms with E-state index in [1.807, 2.05) is 25.1 Å². The summed E-state index contributed by atoms with van der Waals surface area (Å²) in [4.78, 5) is 0. The first kappa shape index (κ1) is 14.7. The van der Waals surface area contributed by atoms with Crippen LogP contribution in [0.3, 0.4) is 0 Å². The van der Waals surface area contributed by atoms with Crippen molar-refractivity contribution in [2.75, 3.05) is 7.11 Å². The molecule has 0 atom stereocenters. The topological polar surface area (TPSA) is 38.7 Å². The average molecular weight is 293 g/mol. The Balaban J connectivity index is 2.20. The van der Waals surface area contributed by atoms with E-state index < -0.39 is 0 Å². The number of benzene rings is 2. The minimum atomic E-state index is -0.0890. The first-order valence-electron chi connectivity index (χ1n) is 6.29. The summed E-state index contributed by atoms with van der Waals surface area (Å²) in [5, 5.41) is 9.59. The van der Waals surface area contributed by atoms with Gasteiger partial charge in [-0.15, -0.1) is 0 Å². The van der Waals surface area contributed by atoms with E-state index in [-0.39, 0.29) is 6.61 Å². The zero-order valence-corrected chi connectivity index (χ0v) is 12.3. The van der Waals surface area contributed by atoms with Crippen molar-refractivity contribution in [2.45, 2.75) is 20.1 Å². The molecule has 0 heterocycles. The number of aryl methyl sites for hydroxylation is 1. The molecule has 1 N–H and O–H groups in total. The summed E-state index contributed by atoms with van der Waals surface area (Å²) in [6, 6.07) is 11.5. The Labute approximate surface area is 123 Å².